The fourth-order valence-corrected chi connectivity index (χ4v) is 2.15. The summed E-state index contributed by atoms with van der Waals surface area (Å²) in [4.78, 5) is 22.5. The number of methoxy groups -OCH3 is 1. The van der Waals surface area contributed by atoms with Gasteiger partial charge in [-0.3, -0.25) is 9.59 Å². The molecular formula is C14H22O4. The lowest BCUT2D eigenvalue weighted by atomic mass is 10.0. The van der Waals surface area contributed by atoms with Gasteiger partial charge < -0.3 is 9.84 Å². The van der Waals surface area contributed by atoms with Crippen LogP contribution in [0.3, 0.4) is 0 Å². The van der Waals surface area contributed by atoms with Crippen LogP contribution >= 0.6 is 0 Å². The van der Waals surface area contributed by atoms with E-state index in [1.165, 1.54) is 7.11 Å². The summed E-state index contributed by atoms with van der Waals surface area (Å²) in [5.41, 5.74) is 0.776. The number of hydrogen-bond acceptors (Lipinski definition) is 4. The maximum atomic E-state index is 11.4. The molecule has 4 heteroatoms. The van der Waals surface area contributed by atoms with Crippen LogP contribution in [0.5, 0.6) is 0 Å². The Morgan fingerprint density at radius 3 is 2.72 bits per heavy atom. The molecule has 0 aromatic heterocycles. The van der Waals surface area contributed by atoms with Gasteiger partial charge in [0.15, 0.2) is 11.6 Å². The number of rotatable bonds is 9. The van der Waals surface area contributed by atoms with Gasteiger partial charge in [0.05, 0.1) is 6.10 Å². The molecule has 1 aliphatic rings. The normalized spacial score (nSPS) is 19.1. The van der Waals surface area contributed by atoms with Crippen LogP contribution in [-0.2, 0) is 14.3 Å². The molecule has 1 rings (SSSR count). The van der Waals surface area contributed by atoms with Crippen LogP contribution in [0, 0.1) is 0 Å². The van der Waals surface area contributed by atoms with Gasteiger partial charge in [-0.05, 0) is 30.9 Å². The first-order valence-electron chi connectivity index (χ1n) is 6.56. The lowest BCUT2D eigenvalue weighted by Gasteiger charge is -2.02. The summed E-state index contributed by atoms with van der Waals surface area (Å²) in [6.07, 6.45) is 6.53. The van der Waals surface area contributed by atoms with Crippen molar-refractivity contribution >= 4 is 11.6 Å². The predicted octanol–water partition coefficient (Wildman–Crippen LogP) is 1.80. The predicted molar refractivity (Wildman–Crippen MR) is 68.3 cm³/mol. The van der Waals surface area contributed by atoms with E-state index in [4.69, 9.17) is 4.74 Å². The van der Waals surface area contributed by atoms with Crippen molar-refractivity contribution in [3.63, 3.8) is 0 Å². The second-order valence-electron chi connectivity index (χ2n) is 4.77. The van der Waals surface area contributed by atoms with Gasteiger partial charge >= 0.3 is 0 Å². The summed E-state index contributed by atoms with van der Waals surface area (Å²) >= 11 is 0. The minimum atomic E-state index is -0.570. The number of ketones is 2. The molecule has 0 spiro atoms. The zero-order valence-corrected chi connectivity index (χ0v) is 11.0. The number of carbonyl (C=O) groups excluding carboxylic acids is 2. The van der Waals surface area contributed by atoms with Crippen molar-refractivity contribution in [3.05, 3.63) is 11.6 Å². The lowest BCUT2D eigenvalue weighted by Crippen LogP contribution is -2.05. The molecular weight excluding hydrogens is 232 g/mol. The molecule has 0 aliphatic heterocycles. The van der Waals surface area contributed by atoms with Crippen molar-refractivity contribution < 1.29 is 19.4 Å². The Balaban J connectivity index is 2.01. The molecule has 0 saturated heterocycles. The summed E-state index contributed by atoms with van der Waals surface area (Å²) in [6, 6.07) is 0. The third kappa shape index (κ3) is 5.56. The van der Waals surface area contributed by atoms with Gasteiger partial charge in [0.25, 0.3) is 0 Å². The maximum absolute atomic E-state index is 11.4. The van der Waals surface area contributed by atoms with Crippen molar-refractivity contribution in [1.82, 2.24) is 0 Å². The molecule has 0 fully saturated rings. The number of ether oxygens (including phenoxy) is 1. The molecule has 0 amide bonds. The van der Waals surface area contributed by atoms with Crippen molar-refractivity contribution in [1.29, 1.82) is 0 Å². The number of unbranched alkanes of at least 4 members (excludes halogenated alkanes) is 3. The van der Waals surface area contributed by atoms with Crippen molar-refractivity contribution in [3.8, 4) is 0 Å². The second kappa shape index (κ2) is 8.16. The summed E-state index contributed by atoms with van der Waals surface area (Å²) in [5, 5.41) is 9.28. The molecule has 0 radical (unpaired) electrons. The number of aliphatic hydroxyl groups is 1. The number of carbonyl (C=O) groups is 2. The van der Waals surface area contributed by atoms with E-state index in [0.29, 0.717) is 6.42 Å². The molecule has 18 heavy (non-hydrogen) atoms. The minimum Gasteiger partial charge on any atom is -0.389 e. The molecule has 0 heterocycles. The fourth-order valence-electron chi connectivity index (χ4n) is 2.15. The molecule has 4 nitrogen and oxygen atoms in total. The first kappa shape index (κ1) is 15.1. The number of Topliss-reactive ketones (excluding diaryl/α,β-unsaturated/α-hetero) is 2. The molecule has 0 bridgehead atoms. The van der Waals surface area contributed by atoms with Crippen molar-refractivity contribution in [2.75, 3.05) is 13.7 Å². The van der Waals surface area contributed by atoms with Gasteiger partial charge in [0.1, 0.15) is 6.61 Å². The average molecular weight is 254 g/mol. The van der Waals surface area contributed by atoms with Crippen molar-refractivity contribution in [2.45, 2.75) is 51.0 Å². The molecule has 1 unspecified atom stereocenters. The number of allylic oxidation sites excluding steroid dienone is 1. The smallest absolute Gasteiger partial charge is 0.161 e. The van der Waals surface area contributed by atoms with E-state index in [9.17, 15) is 14.7 Å². The fraction of sp³-hybridized carbons (Fsp3) is 0.714. The Labute approximate surface area is 108 Å². The molecule has 0 aromatic rings. The lowest BCUT2D eigenvalue weighted by molar-refractivity contribution is -0.122. The SMILES string of the molecule is COCC(=O)CCCCCCC1=CC(O)CC1=O. The van der Waals surface area contributed by atoms with Gasteiger partial charge in [-0.15, -0.1) is 0 Å². The molecule has 102 valence electrons. The molecule has 0 saturated carbocycles. The van der Waals surface area contributed by atoms with E-state index in [-0.39, 0.29) is 24.6 Å². The van der Waals surface area contributed by atoms with Gasteiger partial charge in [-0.1, -0.05) is 12.8 Å². The number of hydrogen-bond donors (Lipinski definition) is 1. The largest absolute Gasteiger partial charge is 0.389 e. The van der Waals surface area contributed by atoms with Crippen LogP contribution in [0.2, 0.25) is 0 Å². The Morgan fingerprint density at radius 2 is 2.11 bits per heavy atom. The first-order chi connectivity index (χ1) is 8.63. The third-order valence-electron chi connectivity index (χ3n) is 3.10. The van der Waals surface area contributed by atoms with Crippen LogP contribution in [-0.4, -0.2) is 36.5 Å². The highest BCUT2D eigenvalue weighted by molar-refractivity contribution is 5.98. The van der Waals surface area contributed by atoms with Crippen molar-refractivity contribution in [2.24, 2.45) is 0 Å². The van der Waals surface area contributed by atoms with E-state index in [1.54, 1.807) is 6.08 Å². The topological polar surface area (TPSA) is 63.6 Å². The highest BCUT2D eigenvalue weighted by Gasteiger charge is 2.21. The van der Waals surface area contributed by atoms with Crippen LogP contribution in [0.1, 0.15) is 44.9 Å². The monoisotopic (exact) mass is 254 g/mol. The van der Waals surface area contributed by atoms with Crippen LogP contribution in [0.4, 0.5) is 0 Å². The van der Waals surface area contributed by atoms with Gasteiger partial charge in [-0.25, -0.2) is 0 Å². The van der Waals surface area contributed by atoms with E-state index >= 15 is 0 Å². The van der Waals surface area contributed by atoms with Crippen LogP contribution < -0.4 is 0 Å². The molecule has 1 aliphatic carbocycles. The van der Waals surface area contributed by atoms with E-state index in [2.05, 4.69) is 0 Å². The zero-order chi connectivity index (χ0) is 13.4. The van der Waals surface area contributed by atoms with E-state index < -0.39 is 6.10 Å². The quantitative estimate of drug-likeness (QED) is 0.637. The van der Waals surface area contributed by atoms with Gasteiger partial charge in [-0.2, -0.15) is 0 Å². The number of aliphatic hydroxyl groups excluding tert-OH is 1. The van der Waals surface area contributed by atoms with Gasteiger partial charge in [0, 0.05) is 20.0 Å². The first-order valence-corrected chi connectivity index (χ1v) is 6.56. The minimum absolute atomic E-state index is 0.0813. The highest BCUT2D eigenvalue weighted by Crippen LogP contribution is 2.20. The summed E-state index contributed by atoms with van der Waals surface area (Å²) < 4.78 is 4.75. The standard InChI is InChI=1S/C14H22O4/c1-18-10-12(15)7-5-3-2-4-6-11-8-13(16)9-14(11)17/h8,13,16H,2-7,9-10H2,1H3. The molecule has 1 atom stereocenters. The maximum Gasteiger partial charge on any atom is 0.161 e. The van der Waals surface area contributed by atoms with E-state index in [1.807, 2.05) is 0 Å². The summed E-state index contributed by atoms with van der Waals surface area (Å²) in [7, 11) is 1.53. The zero-order valence-electron chi connectivity index (χ0n) is 11.0. The van der Waals surface area contributed by atoms with Gasteiger partial charge in [0.2, 0.25) is 0 Å². The summed E-state index contributed by atoms with van der Waals surface area (Å²) in [5.74, 6) is 0.229. The van der Waals surface area contributed by atoms with Crippen LogP contribution in [0.15, 0.2) is 11.6 Å². The second-order valence-corrected chi connectivity index (χ2v) is 4.77. The molecule has 1 N–H and O–H groups in total. The Hall–Kier alpha value is -1.00. The summed E-state index contributed by atoms with van der Waals surface area (Å²) in [6.45, 7) is 0.208. The average Bonchev–Trinajstić information content (AvgIpc) is 2.62. The molecule has 0 aromatic carbocycles. The Bertz CT molecular complexity index is 320. The highest BCUT2D eigenvalue weighted by atomic mass is 16.5. The third-order valence-corrected chi connectivity index (χ3v) is 3.10. The van der Waals surface area contributed by atoms with Crippen LogP contribution in [0.25, 0.3) is 0 Å². The van der Waals surface area contributed by atoms with E-state index in [0.717, 1.165) is 37.7 Å². The Kier molecular flexibility index (Phi) is 6.83. The Morgan fingerprint density at radius 1 is 1.39 bits per heavy atom.